The van der Waals surface area contributed by atoms with Crippen molar-refractivity contribution in [1.29, 1.82) is 0 Å². The van der Waals surface area contributed by atoms with E-state index in [0.717, 1.165) is 24.1 Å². The fourth-order valence-electron chi connectivity index (χ4n) is 3.62. The van der Waals surface area contributed by atoms with E-state index >= 15 is 0 Å². The first-order valence-electron chi connectivity index (χ1n) is 9.27. The van der Waals surface area contributed by atoms with Crippen molar-refractivity contribution in [2.24, 2.45) is 0 Å². The molecular weight excluding hydrogens is 362 g/mol. The fourth-order valence-corrected chi connectivity index (χ4v) is 3.62. The van der Waals surface area contributed by atoms with Gasteiger partial charge in [-0.2, -0.15) is 0 Å². The number of piperidine rings is 1. The molecule has 2 aromatic heterocycles. The molecule has 0 atom stereocenters. The van der Waals surface area contributed by atoms with Crippen LogP contribution >= 0.6 is 0 Å². The third-order valence-electron chi connectivity index (χ3n) is 5.15. The highest BCUT2D eigenvalue weighted by Crippen LogP contribution is 2.28. The van der Waals surface area contributed by atoms with Crippen molar-refractivity contribution in [2.45, 2.75) is 25.3 Å². The number of pyridine rings is 1. The highest BCUT2D eigenvalue weighted by Gasteiger charge is 2.24. The molecule has 3 aromatic rings. The standard InChI is InChI=1S/C21H20F2N4O/c22-17-4-1-5-18(23)16(17)13-27-9-6-14(7-10-27)19-11-20(28)26-21(25-19)15-3-2-8-24-12-15/h1-5,8,11-12,14H,6-7,9-10,13H2,(H,25,26,28). The second-order valence-electron chi connectivity index (χ2n) is 7.01. The van der Waals surface area contributed by atoms with E-state index in [0.29, 0.717) is 18.9 Å². The Morgan fingerprint density at radius 2 is 1.86 bits per heavy atom. The molecule has 5 nitrogen and oxygen atoms in total. The summed E-state index contributed by atoms with van der Waals surface area (Å²) in [6.45, 7) is 1.62. The molecule has 1 aliphatic heterocycles. The van der Waals surface area contributed by atoms with Crippen LogP contribution in [0, 0.1) is 11.6 Å². The van der Waals surface area contributed by atoms with Crippen molar-refractivity contribution in [3.8, 4) is 11.4 Å². The monoisotopic (exact) mass is 382 g/mol. The summed E-state index contributed by atoms with van der Waals surface area (Å²) < 4.78 is 27.8. The van der Waals surface area contributed by atoms with Crippen molar-refractivity contribution in [1.82, 2.24) is 19.9 Å². The summed E-state index contributed by atoms with van der Waals surface area (Å²) in [4.78, 5) is 25.6. The van der Waals surface area contributed by atoms with Crippen molar-refractivity contribution >= 4 is 0 Å². The SMILES string of the molecule is O=c1cc(C2CCN(Cc3c(F)cccc3F)CC2)nc(-c2cccnc2)[nH]1. The minimum atomic E-state index is -0.514. The predicted molar refractivity (Wildman–Crippen MR) is 102 cm³/mol. The first-order chi connectivity index (χ1) is 13.6. The first-order valence-corrected chi connectivity index (χ1v) is 9.27. The van der Waals surface area contributed by atoms with Crippen LogP contribution in [0.4, 0.5) is 8.78 Å². The van der Waals surface area contributed by atoms with E-state index in [4.69, 9.17) is 0 Å². The van der Waals surface area contributed by atoms with Gasteiger partial charge < -0.3 is 4.98 Å². The molecule has 4 rings (SSSR count). The highest BCUT2D eigenvalue weighted by atomic mass is 19.1. The van der Waals surface area contributed by atoms with E-state index < -0.39 is 11.6 Å². The summed E-state index contributed by atoms with van der Waals surface area (Å²) >= 11 is 0. The molecule has 144 valence electrons. The zero-order valence-electron chi connectivity index (χ0n) is 15.2. The second-order valence-corrected chi connectivity index (χ2v) is 7.01. The Labute approximate surface area is 161 Å². The van der Waals surface area contributed by atoms with Crippen molar-refractivity contribution in [2.75, 3.05) is 13.1 Å². The second kappa shape index (κ2) is 7.98. The molecule has 7 heteroatoms. The van der Waals surface area contributed by atoms with Gasteiger partial charge >= 0.3 is 0 Å². The molecule has 0 aliphatic carbocycles. The van der Waals surface area contributed by atoms with Crippen LogP contribution in [0.2, 0.25) is 0 Å². The summed E-state index contributed by atoms with van der Waals surface area (Å²) in [5.74, 6) is -0.384. The van der Waals surface area contributed by atoms with Gasteiger partial charge in [-0.15, -0.1) is 0 Å². The molecule has 0 spiro atoms. The maximum Gasteiger partial charge on any atom is 0.251 e. The first kappa shape index (κ1) is 18.4. The Morgan fingerprint density at radius 1 is 1.11 bits per heavy atom. The number of nitrogens with one attached hydrogen (secondary N) is 1. The number of halogens is 2. The zero-order valence-corrected chi connectivity index (χ0v) is 15.2. The maximum absolute atomic E-state index is 13.9. The molecule has 1 fully saturated rings. The molecule has 0 radical (unpaired) electrons. The van der Waals surface area contributed by atoms with E-state index in [9.17, 15) is 13.6 Å². The van der Waals surface area contributed by atoms with Crippen molar-refractivity contribution in [3.63, 3.8) is 0 Å². The van der Waals surface area contributed by atoms with Gasteiger partial charge in [0.25, 0.3) is 5.56 Å². The number of benzene rings is 1. The topological polar surface area (TPSA) is 61.9 Å². The minimum Gasteiger partial charge on any atom is -0.306 e. The lowest BCUT2D eigenvalue weighted by Gasteiger charge is -2.31. The average Bonchev–Trinajstić information content (AvgIpc) is 2.71. The number of rotatable bonds is 4. The highest BCUT2D eigenvalue weighted by molar-refractivity contribution is 5.52. The quantitative estimate of drug-likeness (QED) is 0.750. The molecule has 3 heterocycles. The van der Waals surface area contributed by atoms with E-state index in [1.54, 1.807) is 18.5 Å². The summed E-state index contributed by atoms with van der Waals surface area (Å²) in [5.41, 5.74) is 1.42. The van der Waals surface area contributed by atoms with Gasteiger partial charge in [-0.05, 0) is 50.2 Å². The molecular formula is C21H20F2N4O. The van der Waals surface area contributed by atoms with Crippen molar-refractivity contribution < 1.29 is 8.78 Å². The predicted octanol–water partition coefficient (Wildman–Crippen LogP) is 3.49. The summed E-state index contributed by atoms with van der Waals surface area (Å²) in [6, 6.07) is 9.12. The van der Waals surface area contributed by atoms with Crippen LogP contribution in [-0.2, 0) is 6.54 Å². The van der Waals surface area contributed by atoms with Gasteiger partial charge in [0.15, 0.2) is 0 Å². The zero-order chi connectivity index (χ0) is 19.5. The summed E-state index contributed by atoms with van der Waals surface area (Å²) in [7, 11) is 0. The molecule has 0 saturated carbocycles. The fraction of sp³-hybridized carbons (Fsp3) is 0.286. The van der Waals surface area contributed by atoms with Gasteiger partial charge in [0.1, 0.15) is 17.5 Å². The summed E-state index contributed by atoms with van der Waals surface area (Å²) in [5, 5.41) is 0. The van der Waals surface area contributed by atoms with Gasteiger partial charge in [-0.25, -0.2) is 13.8 Å². The number of hydrogen-bond donors (Lipinski definition) is 1. The Hall–Kier alpha value is -2.93. The van der Waals surface area contributed by atoms with E-state index in [2.05, 4.69) is 15.0 Å². The lowest BCUT2D eigenvalue weighted by Crippen LogP contribution is -2.33. The van der Waals surface area contributed by atoms with Gasteiger partial charge in [0, 0.05) is 42.0 Å². The van der Waals surface area contributed by atoms with Crippen LogP contribution in [-0.4, -0.2) is 32.9 Å². The van der Waals surface area contributed by atoms with Crippen LogP contribution in [0.3, 0.4) is 0 Å². The number of nitrogens with zero attached hydrogens (tertiary/aromatic N) is 3. The van der Waals surface area contributed by atoms with Gasteiger partial charge in [-0.3, -0.25) is 14.7 Å². The Kier molecular flexibility index (Phi) is 5.25. The molecule has 1 N–H and O–H groups in total. The molecule has 1 aromatic carbocycles. The molecule has 0 bridgehead atoms. The molecule has 0 amide bonds. The van der Waals surface area contributed by atoms with Crippen LogP contribution in [0.15, 0.2) is 53.6 Å². The molecule has 1 aliphatic rings. The Bertz CT molecular complexity index is 994. The van der Waals surface area contributed by atoms with Crippen LogP contribution in [0.5, 0.6) is 0 Å². The van der Waals surface area contributed by atoms with Gasteiger partial charge in [0.2, 0.25) is 0 Å². The number of aromatic amines is 1. The third kappa shape index (κ3) is 3.99. The van der Waals surface area contributed by atoms with Crippen molar-refractivity contribution in [3.05, 3.63) is 82.0 Å². The number of H-pyrrole nitrogens is 1. The third-order valence-corrected chi connectivity index (χ3v) is 5.15. The van der Waals surface area contributed by atoms with Crippen LogP contribution < -0.4 is 5.56 Å². The summed E-state index contributed by atoms with van der Waals surface area (Å²) in [6.07, 6.45) is 4.88. The smallest absolute Gasteiger partial charge is 0.251 e. The van der Waals surface area contributed by atoms with E-state index in [1.165, 1.54) is 24.3 Å². The maximum atomic E-state index is 13.9. The van der Waals surface area contributed by atoms with Crippen LogP contribution in [0.1, 0.15) is 30.0 Å². The Morgan fingerprint density at radius 3 is 2.54 bits per heavy atom. The molecule has 0 unspecified atom stereocenters. The molecule has 28 heavy (non-hydrogen) atoms. The minimum absolute atomic E-state index is 0.106. The van der Waals surface area contributed by atoms with Crippen LogP contribution in [0.25, 0.3) is 11.4 Å². The largest absolute Gasteiger partial charge is 0.306 e. The number of aromatic nitrogens is 3. The van der Waals surface area contributed by atoms with Gasteiger partial charge in [-0.1, -0.05) is 6.07 Å². The van der Waals surface area contributed by atoms with E-state index in [1.807, 2.05) is 11.0 Å². The number of hydrogen-bond acceptors (Lipinski definition) is 4. The average molecular weight is 382 g/mol. The number of likely N-dealkylation sites (tertiary alicyclic amines) is 1. The lowest BCUT2D eigenvalue weighted by molar-refractivity contribution is 0.198. The van der Waals surface area contributed by atoms with E-state index in [-0.39, 0.29) is 23.6 Å². The van der Waals surface area contributed by atoms with Gasteiger partial charge in [0.05, 0.1) is 5.69 Å². The molecule has 1 saturated heterocycles. The lowest BCUT2D eigenvalue weighted by atomic mass is 9.93. The normalized spacial score (nSPS) is 15.6. The Balaban J connectivity index is 1.47.